The lowest BCUT2D eigenvalue weighted by Crippen LogP contribution is -2.16. The Labute approximate surface area is 109 Å². The van der Waals surface area contributed by atoms with Crippen molar-refractivity contribution >= 4 is 15.9 Å². The Bertz CT molecular complexity index is 478. The van der Waals surface area contributed by atoms with Gasteiger partial charge in [-0.2, -0.15) is 0 Å². The summed E-state index contributed by atoms with van der Waals surface area (Å²) in [5.74, 6) is 0.912. The molecule has 0 fully saturated rings. The first-order valence-corrected chi connectivity index (χ1v) is 6.33. The van der Waals surface area contributed by atoms with Crippen molar-refractivity contribution in [2.45, 2.75) is 18.9 Å². The minimum atomic E-state index is -0.391. The van der Waals surface area contributed by atoms with Crippen molar-refractivity contribution in [3.05, 3.63) is 52.5 Å². The van der Waals surface area contributed by atoms with Crippen LogP contribution in [0.25, 0.3) is 0 Å². The smallest absolute Gasteiger partial charge is 0.110 e. The summed E-state index contributed by atoms with van der Waals surface area (Å²) in [6.45, 7) is 0. The second kappa shape index (κ2) is 5.47. The van der Waals surface area contributed by atoms with Crippen LogP contribution >= 0.6 is 15.9 Å². The molecule has 0 aliphatic carbocycles. The molecule has 2 rings (SSSR count). The number of aliphatic hydroxyl groups excluding tert-OH is 1. The van der Waals surface area contributed by atoms with Crippen molar-refractivity contribution in [2.24, 2.45) is 7.05 Å². The average molecular weight is 295 g/mol. The zero-order chi connectivity index (χ0) is 12.3. The van der Waals surface area contributed by atoms with E-state index >= 15 is 0 Å². The lowest BCUT2D eigenvalue weighted by atomic mass is 10.1. The van der Waals surface area contributed by atoms with Gasteiger partial charge in [-0.3, -0.25) is 0 Å². The molecule has 0 radical (unpaired) electrons. The first kappa shape index (κ1) is 12.3. The zero-order valence-electron chi connectivity index (χ0n) is 9.68. The van der Waals surface area contributed by atoms with Crippen LogP contribution in [0.2, 0.25) is 0 Å². The molecule has 0 aliphatic rings. The number of aliphatic hydroxyl groups is 1. The predicted octanol–water partition coefficient (Wildman–Crippen LogP) is 2.33. The van der Waals surface area contributed by atoms with Gasteiger partial charge < -0.3 is 9.67 Å². The summed E-state index contributed by atoms with van der Waals surface area (Å²) in [4.78, 5) is 4.21. The average Bonchev–Trinajstić information content (AvgIpc) is 2.68. The molecule has 0 bridgehead atoms. The van der Waals surface area contributed by atoms with Gasteiger partial charge in [0, 0.05) is 30.3 Å². The normalized spacial score (nSPS) is 12.6. The highest BCUT2D eigenvalue weighted by Crippen LogP contribution is 2.13. The van der Waals surface area contributed by atoms with Gasteiger partial charge in [0.1, 0.15) is 5.82 Å². The van der Waals surface area contributed by atoms with Crippen LogP contribution < -0.4 is 0 Å². The number of hydrogen-bond acceptors (Lipinski definition) is 2. The predicted molar refractivity (Wildman–Crippen MR) is 70.8 cm³/mol. The Kier molecular flexibility index (Phi) is 3.97. The van der Waals surface area contributed by atoms with E-state index in [1.807, 2.05) is 42.1 Å². The highest BCUT2D eigenvalue weighted by molar-refractivity contribution is 9.10. The molecule has 90 valence electrons. The molecule has 17 heavy (non-hydrogen) atoms. The van der Waals surface area contributed by atoms with E-state index in [-0.39, 0.29) is 0 Å². The molecule has 1 aromatic carbocycles. The molecule has 3 nitrogen and oxygen atoms in total. The fraction of sp³-hybridized carbons (Fsp3) is 0.308. The van der Waals surface area contributed by atoms with E-state index in [1.54, 1.807) is 6.20 Å². The highest BCUT2D eigenvalue weighted by atomic mass is 79.9. The van der Waals surface area contributed by atoms with E-state index in [9.17, 15) is 5.11 Å². The summed E-state index contributed by atoms with van der Waals surface area (Å²) in [5.41, 5.74) is 1.13. The van der Waals surface area contributed by atoms with Crippen LogP contribution in [-0.4, -0.2) is 20.8 Å². The minimum Gasteiger partial charge on any atom is -0.392 e. The largest absolute Gasteiger partial charge is 0.392 e. The molecule has 0 aliphatic heterocycles. The number of imidazole rings is 1. The fourth-order valence-corrected chi connectivity index (χ4v) is 2.03. The molecule has 0 spiro atoms. The quantitative estimate of drug-likeness (QED) is 0.940. The van der Waals surface area contributed by atoms with Crippen LogP contribution in [0.5, 0.6) is 0 Å². The number of aryl methyl sites for hydroxylation is 1. The zero-order valence-corrected chi connectivity index (χ0v) is 11.3. The summed E-state index contributed by atoms with van der Waals surface area (Å²) in [6, 6.07) is 8.02. The summed E-state index contributed by atoms with van der Waals surface area (Å²) in [5, 5.41) is 10.0. The molecule has 1 unspecified atom stereocenters. The maximum atomic E-state index is 10.0. The maximum Gasteiger partial charge on any atom is 0.110 e. The molecule has 0 saturated carbocycles. The standard InChI is InChI=1S/C13H15BrN2O/c1-16-7-6-15-13(16)9-12(17)8-10-2-4-11(14)5-3-10/h2-7,12,17H,8-9H2,1H3. The van der Waals surface area contributed by atoms with Crippen LogP contribution in [0.1, 0.15) is 11.4 Å². The summed E-state index contributed by atoms with van der Waals surface area (Å²) >= 11 is 3.39. The van der Waals surface area contributed by atoms with Crippen molar-refractivity contribution in [3.8, 4) is 0 Å². The van der Waals surface area contributed by atoms with Gasteiger partial charge >= 0.3 is 0 Å². The van der Waals surface area contributed by atoms with Gasteiger partial charge in [-0.25, -0.2) is 4.98 Å². The number of aromatic nitrogens is 2. The van der Waals surface area contributed by atoms with E-state index in [4.69, 9.17) is 0 Å². The lowest BCUT2D eigenvalue weighted by Gasteiger charge is -2.10. The second-order valence-corrected chi connectivity index (χ2v) is 5.06. The number of rotatable bonds is 4. The van der Waals surface area contributed by atoms with Gasteiger partial charge in [-0.15, -0.1) is 0 Å². The van der Waals surface area contributed by atoms with Crippen LogP contribution in [0.15, 0.2) is 41.1 Å². The van der Waals surface area contributed by atoms with Gasteiger partial charge in [-0.1, -0.05) is 28.1 Å². The summed E-state index contributed by atoms with van der Waals surface area (Å²) in [7, 11) is 1.94. The van der Waals surface area contributed by atoms with Crippen LogP contribution in [0, 0.1) is 0 Å². The topological polar surface area (TPSA) is 38.0 Å². The SMILES string of the molecule is Cn1ccnc1CC(O)Cc1ccc(Br)cc1. The molecule has 0 saturated heterocycles. The number of nitrogens with zero attached hydrogens (tertiary/aromatic N) is 2. The molecule has 1 atom stereocenters. The van der Waals surface area contributed by atoms with Gasteiger partial charge in [-0.05, 0) is 24.1 Å². The van der Waals surface area contributed by atoms with Crippen molar-refractivity contribution in [1.82, 2.24) is 9.55 Å². The minimum absolute atomic E-state index is 0.391. The first-order chi connectivity index (χ1) is 8.15. The van der Waals surface area contributed by atoms with Crippen LogP contribution in [0.3, 0.4) is 0 Å². The van der Waals surface area contributed by atoms with Gasteiger partial charge in [0.2, 0.25) is 0 Å². The van der Waals surface area contributed by atoms with Crippen molar-refractivity contribution in [3.63, 3.8) is 0 Å². The van der Waals surface area contributed by atoms with E-state index in [0.29, 0.717) is 12.8 Å². The lowest BCUT2D eigenvalue weighted by molar-refractivity contribution is 0.172. The van der Waals surface area contributed by atoms with E-state index in [0.717, 1.165) is 15.9 Å². The first-order valence-electron chi connectivity index (χ1n) is 5.54. The highest BCUT2D eigenvalue weighted by Gasteiger charge is 2.09. The van der Waals surface area contributed by atoms with E-state index in [1.165, 1.54) is 0 Å². The molecule has 2 aromatic rings. The molecule has 1 aromatic heterocycles. The Balaban J connectivity index is 1.95. The molecule has 1 heterocycles. The monoisotopic (exact) mass is 294 g/mol. The van der Waals surface area contributed by atoms with E-state index in [2.05, 4.69) is 20.9 Å². The van der Waals surface area contributed by atoms with Crippen molar-refractivity contribution in [2.75, 3.05) is 0 Å². The van der Waals surface area contributed by atoms with Gasteiger partial charge in [0.15, 0.2) is 0 Å². The van der Waals surface area contributed by atoms with Crippen molar-refractivity contribution in [1.29, 1.82) is 0 Å². The third-order valence-electron chi connectivity index (χ3n) is 2.72. The number of hydrogen-bond donors (Lipinski definition) is 1. The van der Waals surface area contributed by atoms with Gasteiger partial charge in [0.05, 0.1) is 6.10 Å². The summed E-state index contributed by atoms with van der Waals surface area (Å²) in [6.07, 6.45) is 4.49. The Morgan fingerprint density at radius 1 is 1.29 bits per heavy atom. The molecule has 4 heteroatoms. The van der Waals surface area contributed by atoms with Crippen molar-refractivity contribution < 1.29 is 5.11 Å². The third-order valence-corrected chi connectivity index (χ3v) is 3.25. The molecule has 0 amide bonds. The number of halogens is 1. The Morgan fingerprint density at radius 2 is 2.00 bits per heavy atom. The fourth-order valence-electron chi connectivity index (χ4n) is 1.77. The second-order valence-electron chi connectivity index (χ2n) is 4.14. The molecular formula is C13H15BrN2O. The maximum absolute atomic E-state index is 10.0. The third kappa shape index (κ3) is 3.41. The van der Waals surface area contributed by atoms with Crippen LogP contribution in [0.4, 0.5) is 0 Å². The molecular weight excluding hydrogens is 280 g/mol. The van der Waals surface area contributed by atoms with E-state index < -0.39 is 6.10 Å². The number of benzene rings is 1. The Hall–Kier alpha value is -1.13. The molecule has 1 N–H and O–H groups in total. The van der Waals surface area contributed by atoms with Crippen LogP contribution in [-0.2, 0) is 19.9 Å². The van der Waals surface area contributed by atoms with Gasteiger partial charge in [0.25, 0.3) is 0 Å². The Morgan fingerprint density at radius 3 is 2.59 bits per heavy atom. The summed E-state index contributed by atoms with van der Waals surface area (Å²) < 4.78 is 2.99.